The third kappa shape index (κ3) is 3.57. The Hall–Kier alpha value is -2.95. The van der Waals surface area contributed by atoms with Gasteiger partial charge in [-0.25, -0.2) is 9.38 Å². The van der Waals surface area contributed by atoms with Crippen molar-refractivity contribution in [3.8, 4) is 0 Å². The van der Waals surface area contributed by atoms with Gasteiger partial charge in [-0.3, -0.25) is 9.69 Å². The summed E-state index contributed by atoms with van der Waals surface area (Å²) in [6.45, 7) is 0. The second-order valence-electron chi connectivity index (χ2n) is 6.11. The summed E-state index contributed by atoms with van der Waals surface area (Å²) >= 11 is 11.9. The zero-order valence-corrected chi connectivity index (χ0v) is 16.0. The van der Waals surface area contributed by atoms with Crippen LogP contribution in [0.5, 0.6) is 0 Å². The van der Waals surface area contributed by atoms with Crippen molar-refractivity contribution < 1.29 is 9.18 Å². The summed E-state index contributed by atoms with van der Waals surface area (Å²) in [4.78, 5) is 19.0. The van der Waals surface area contributed by atoms with Crippen LogP contribution in [-0.4, -0.2) is 11.7 Å². The van der Waals surface area contributed by atoms with Gasteiger partial charge in [0.15, 0.2) is 5.84 Å². The molecule has 0 fully saturated rings. The maximum atomic E-state index is 14.4. The van der Waals surface area contributed by atoms with E-state index in [2.05, 4.69) is 4.99 Å². The maximum Gasteiger partial charge on any atom is 0.282 e. The Morgan fingerprint density at radius 1 is 0.857 bits per heavy atom. The van der Waals surface area contributed by atoms with Crippen LogP contribution in [-0.2, 0) is 4.79 Å². The number of nitrogens with zero attached hydrogens (tertiary/aromatic N) is 2. The molecule has 6 heteroatoms. The molecule has 1 aliphatic heterocycles. The summed E-state index contributed by atoms with van der Waals surface area (Å²) in [5, 5.41) is 1.13. The molecule has 28 heavy (non-hydrogen) atoms. The molecule has 1 amide bonds. The van der Waals surface area contributed by atoms with E-state index in [9.17, 15) is 9.18 Å². The lowest BCUT2D eigenvalue weighted by Gasteiger charge is -2.18. The van der Waals surface area contributed by atoms with Crippen LogP contribution in [0.3, 0.4) is 0 Å². The van der Waals surface area contributed by atoms with Crippen molar-refractivity contribution in [1.82, 2.24) is 0 Å². The number of carbonyl (C=O) groups is 1. The first kappa shape index (κ1) is 18.4. The minimum Gasteiger partial charge on any atom is -0.266 e. The monoisotopic (exact) mass is 410 g/mol. The quantitative estimate of drug-likeness (QED) is 0.489. The van der Waals surface area contributed by atoms with E-state index < -0.39 is 5.82 Å². The molecule has 0 bridgehead atoms. The van der Waals surface area contributed by atoms with Gasteiger partial charge in [0.25, 0.3) is 5.91 Å². The zero-order chi connectivity index (χ0) is 19.7. The molecule has 0 N–H and O–H groups in total. The van der Waals surface area contributed by atoms with Gasteiger partial charge in [0.2, 0.25) is 0 Å². The van der Waals surface area contributed by atoms with Crippen molar-refractivity contribution in [2.75, 3.05) is 4.90 Å². The molecule has 0 unspecified atom stereocenters. The SMILES string of the molecule is O=C1/C(=C\c2ccc(Cl)cc2)N=C(c2ccccc2F)N1c1ccc(Cl)cc1. The number of rotatable bonds is 3. The average Bonchev–Trinajstić information content (AvgIpc) is 3.01. The van der Waals surface area contributed by atoms with Crippen molar-refractivity contribution in [2.24, 2.45) is 4.99 Å². The Bertz CT molecular complexity index is 1110. The number of hydrogen-bond acceptors (Lipinski definition) is 2. The Labute approximate surface area is 171 Å². The normalized spacial score (nSPS) is 15.2. The van der Waals surface area contributed by atoms with E-state index in [4.69, 9.17) is 23.2 Å². The van der Waals surface area contributed by atoms with Crippen LogP contribution in [0.2, 0.25) is 10.0 Å². The molecule has 3 nitrogen and oxygen atoms in total. The molecule has 0 atom stereocenters. The molecule has 138 valence electrons. The number of halogens is 3. The maximum absolute atomic E-state index is 14.4. The standard InChI is InChI=1S/C22H13Cl2FN2O/c23-15-7-5-14(6-8-15)13-20-22(28)27(17-11-9-16(24)10-12-17)21(26-20)18-3-1-2-4-19(18)25/h1-13H/b20-13+. The number of benzene rings is 3. The molecule has 0 radical (unpaired) electrons. The van der Waals surface area contributed by atoms with E-state index >= 15 is 0 Å². The smallest absolute Gasteiger partial charge is 0.266 e. The van der Waals surface area contributed by atoms with E-state index in [0.29, 0.717) is 15.7 Å². The highest BCUT2D eigenvalue weighted by Gasteiger charge is 2.33. The highest BCUT2D eigenvalue weighted by molar-refractivity contribution is 6.34. The Morgan fingerprint density at radius 2 is 1.46 bits per heavy atom. The predicted octanol–water partition coefficient (Wildman–Crippen LogP) is 5.97. The van der Waals surface area contributed by atoms with E-state index in [0.717, 1.165) is 5.56 Å². The number of anilines is 1. The number of amides is 1. The molecule has 0 spiro atoms. The summed E-state index contributed by atoms with van der Waals surface area (Å²) in [5.74, 6) is -0.582. The van der Waals surface area contributed by atoms with Gasteiger partial charge < -0.3 is 0 Å². The van der Waals surface area contributed by atoms with Gasteiger partial charge in [0.05, 0.1) is 11.3 Å². The van der Waals surface area contributed by atoms with Crippen LogP contribution in [0, 0.1) is 5.82 Å². The molecule has 0 saturated heterocycles. The van der Waals surface area contributed by atoms with Gasteiger partial charge in [-0.05, 0) is 60.2 Å². The summed E-state index contributed by atoms with van der Waals surface area (Å²) in [7, 11) is 0. The third-order valence-corrected chi connectivity index (χ3v) is 4.74. The van der Waals surface area contributed by atoms with Crippen LogP contribution in [0.4, 0.5) is 10.1 Å². The zero-order valence-electron chi connectivity index (χ0n) is 14.4. The lowest BCUT2D eigenvalue weighted by molar-refractivity contribution is -0.113. The van der Waals surface area contributed by atoms with Crippen LogP contribution < -0.4 is 4.90 Å². The predicted molar refractivity (Wildman–Crippen MR) is 111 cm³/mol. The van der Waals surface area contributed by atoms with Gasteiger partial charge in [0, 0.05) is 10.0 Å². The van der Waals surface area contributed by atoms with E-state index in [1.807, 2.05) is 0 Å². The van der Waals surface area contributed by atoms with Gasteiger partial charge >= 0.3 is 0 Å². The average molecular weight is 411 g/mol. The number of hydrogen-bond donors (Lipinski definition) is 0. The van der Waals surface area contributed by atoms with Crippen LogP contribution in [0.25, 0.3) is 6.08 Å². The molecule has 3 aromatic rings. The van der Waals surface area contributed by atoms with Gasteiger partial charge in [-0.15, -0.1) is 0 Å². The molecule has 1 aliphatic rings. The van der Waals surface area contributed by atoms with Crippen LogP contribution >= 0.6 is 23.2 Å². The van der Waals surface area contributed by atoms with Gasteiger partial charge in [-0.1, -0.05) is 47.5 Å². The molecular weight excluding hydrogens is 398 g/mol. The van der Waals surface area contributed by atoms with Crippen molar-refractivity contribution in [3.05, 3.63) is 105 Å². The Morgan fingerprint density at radius 3 is 2.11 bits per heavy atom. The third-order valence-electron chi connectivity index (χ3n) is 4.23. The minimum atomic E-state index is -0.458. The fraction of sp³-hybridized carbons (Fsp3) is 0. The van der Waals surface area contributed by atoms with E-state index in [1.54, 1.807) is 72.8 Å². The van der Waals surface area contributed by atoms with Crippen molar-refractivity contribution in [1.29, 1.82) is 0 Å². The molecule has 4 rings (SSSR count). The lowest BCUT2D eigenvalue weighted by atomic mass is 10.1. The molecule has 1 heterocycles. The van der Waals surface area contributed by atoms with Crippen molar-refractivity contribution >= 4 is 46.7 Å². The molecular formula is C22H13Cl2FN2O. The van der Waals surface area contributed by atoms with E-state index in [-0.39, 0.29) is 23.0 Å². The number of carbonyl (C=O) groups excluding carboxylic acids is 1. The highest BCUT2D eigenvalue weighted by atomic mass is 35.5. The number of amidine groups is 1. The minimum absolute atomic E-state index is 0.204. The van der Waals surface area contributed by atoms with E-state index in [1.165, 1.54) is 11.0 Å². The highest BCUT2D eigenvalue weighted by Crippen LogP contribution is 2.29. The van der Waals surface area contributed by atoms with Crippen LogP contribution in [0.15, 0.2) is 83.5 Å². The Kier molecular flexibility index (Phi) is 4.99. The summed E-state index contributed by atoms with van der Waals surface area (Å²) in [5.41, 5.74) is 1.76. The first-order valence-corrected chi connectivity index (χ1v) is 9.19. The van der Waals surface area contributed by atoms with Gasteiger partial charge in [0.1, 0.15) is 11.5 Å². The summed E-state index contributed by atoms with van der Waals surface area (Å²) in [6, 6.07) is 20.0. The Balaban J connectivity index is 1.84. The first-order chi connectivity index (χ1) is 13.5. The lowest BCUT2D eigenvalue weighted by Crippen LogP contribution is -2.33. The largest absolute Gasteiger partial charge is 0.282 e. The fourth-order valence-electron chi connectivity index (χ4n) is 2.89. The van der Waals surface area contributed by atoms with Gasteiger partial charge in [-0.2, -0.15) is 0 Å². The topological polar surface area (TPSA) is 32.7 Å². The molecule has 0 saturated carbocycles. The molecule has 0 aliphatic carbocycles. The fourth-order valence-corrected chi connectivity index (χ4v) is 3.14. The second kappa shape index (κ2) is 7.58. The van der Waals surface area contributed by atoms with Crippen LogP contribution in [0.1, 0.15) is 11.1 Å². The van der Waals surface area contributed by atoms with Crippen molar-refractivity contribution in [3.63, 3.8) is 0 Å². The first-order valence-electron chi connectivity index (χ1n) is 8.44. The molecule has 0 aromatic heterocycles. The van der Waals surface area contributed by atoms with Crippen molar-refractivity contribution in [2.45, 2.75) is 0 Å². The second-order valence-corrected chi connectivity index (χ2v) is 6.99. The summed E-state index contributed by atoms with van der Waals surface area (Å²) < 4.78 is 14.4. The summed E-state index contributed by atoms with van der Waals surface area (Å²) in [6.07, 6.45) is 1.65. The molecule has 3 aromatic carbocycles. The number of aliphatic imine (C=N–C) groups is 1.